The topological polar surface area (TPSA) is 40.5 Å². The summed E-state index contributed by atoms with van der Waals surface area (Å²) in [5.41, 5.74) is 2.40. The van der Waals surface area contributed by atoms with Crippen molar-refractivity contribution in [2.75, 3.05) is 0 Å². The highest BCUT2D eigenvalue weighted by atomic mass is 16.3. The molecule has 0 amide bonds. The highest BCUT2D eigenvalue weighted by molar-refractivity contribution is 5.37. The van der Waals surface area contributed by atoms with Crippen LogP contribution >= 0.6 is 0 Å². The lowest BCUT2D eigenvalue weighted by Crippen LogP contribution is -2.54. The average Bonchev–Trinajstić information content (AvgIpc) is 2.70. The zero-order valence-electron chi connectivity index (χ0n) is 13.8. The summed E-state index contributed by atoms with van der Waals surface area (Å²) in [5.74, 6) is 1.91. The minimum absolute atomic E-state index is 0.323. The zero-order valence-corrected chi connectivity index (χ0v) is 13.8. The number of hydrogen-bond donors (Lipinski definition) is 2. The molecule has 0 aliphatic heterocycles. The van der Waals surface area contributed by atoms with Gasteiger partial charge in [0.1, 0.15) is 5.75 Å². The van der Waals surface area contributed by atoms with Crippen molar-refractivity contribution in [2.45, 2.75) is 64.4 Å². The lowest BCUT2D eigenvalue weighted by Gasteiger charge is -2.53. The Kier molecular flexibility index (Phi) is 3.14. The van der Waals surface area contributed by atoms with Gasteiger partial charge in [-0.05, 0) is 91.4 Å². The molecule has 3 aliphatic rings. The Balaban J connectivity index is 1.72. The summed E-state index contributed by atoms with van der Waals surface area (Å²) in [4.78, 5) is 0. The van der Waals surface area contributed by atoms with Crippen LogP contribution in [0.25, 0.3) is 0 Å². The number of fused-ring (bicyclic) bond motifs is 4. The summed E-state index contributed by atoms with van der Waals surface area (Å²) in [6.07, 6.45) is 7.60. The molecule has 4 rings (SSSR count). The zero-order chi connectivity index (χ0) is 15.5. The third kappa shape index (κ3) is 1.89. The molecule has 3 aliphatic carbocycles. The average molecular weight is 300 g/mol. The van der Waals surface area contributed by atoms with Gasteiger partial charge in [-0.25, -0.2) is 0 Å². The molecule has 2 fully saturated rings. The van der Waals surface area contributed by atoms with E-state index in [1.807, 2.05) is 6.07 Å². The summed E-state index contributed by atoms with van der Waals surface area (Å²) in [5, 5.41) is 21.5. The van der Waals surface area contributed by atoms with Crippen molar-refractivity contribution >= 4 is 0 Å². The van der Waals surface area contributed by atoms with Crippen LogP contribution in [0.5, 0.6) is 5.75 Å². The number of phenolic OH excluding ortho intramolecular Hbond substituents is 1. The van der Waals surface area contributed by atoms with E-state index in [0.29, 0.717) is 23.0 Å². The smallest absolute Gasteiger partial charge is 0.115 e. The fourth-order valence-electron chi connectivity index (χ4n) is 5.98. The van der Waals surface area contributed by atoms with E-state index >= 15 is 0 Å². The second-order valence-corrected chi connectivity index (χ2v) is 8.42. The van der Waals surface area contributed by atoms with E-state index in [1.54, 1.807) is 6.07 Å². The van der Waals surface area contributed by atoms with Crippen molar-refractivity contribution in [3.63, 3.8) is 0 Å². The van der Waals surface area contributed by atoms with Gasteiger partial charge in [-0.3, -0.25) is 0 Å². The highest BCUT2D eigenvalue weighted by Crippen LogP contribution is 2.62. The molecule has 5 atom stereocenters. The van der Waals surface area contributed by atoms with Gasteiger partial charge < -0.3 is 10.2 Å². The van der Waals surface area contributed by atoms with Gasteiger partial charge in [0.2, 0.25) is 0 Å². The van der Waals surface area contributed by atoms with Crippen LogP contribution in [0.3, 0.4) is 0 Å². The van der Waals surface area contributed by atoms with Crippen LogP contribution in [-0.2, 0) is 12.8 Å². The Hall–Kier alpha value is -1.02. The predicted molar refractivity (Wildman–Crippen MR) is 87.8 cm³/mol. The van der Waals surface area contributed by atoms with Crippen molar-refractivity contribution in [1.82, 2.24) is 0 Å². The highest BCUT2D eigenvalue weighted by Gasteiger charge is 2.59. The fraction of sp³-hybridized carbons (Fsp3) is 0.700. The summed E-state index contributed by atoms with van der Waals surface area (Å²) in [7, 11) is 0. The molecule has 1 aromatic rings. The van der Waals surface area contributed by atoms with Crippen LogP contribution in [0, 0.1) is 23.2 Å². The molecule has 0 saturated heterocycles. The van der Waals surface area contributed by atoms with E-state index in [1.165, 1.54) is 30.4 Å². The molecule has 2 nitrogen and oxygen atoms in total. The molecule has 2 N–H and O–H groups in total. The van der Waals surface area contributed by atoms with Crippen molar-refractivity contribution in [3.05, 3.63) is 29.3 Å². The molecule has 22 heavy (non-hydrogen) atoms. The molecule has 2 saturated carbocycles. The molecular weight excluding hydrogens is 272 g/mol. The molecule has 5 unspecified atom stereocenters. The number of rotatable bonds is 0. The maximum Gasteiger partial charge on any atom is 0.115 e. The summed E-state index contributed by atoms with van der Waals surface area (Å²) in [6, 6.07) is 5.77. The number of aromatic hydroxyl groups is 1. The number of aryl methyl sites for hydroxylation is 1. The van der Waals surface area contributed by atoms with Crippen molar-refractivity contribution < 1.29 is 10.2 Å². The minimum Gasteiger partial charge on any atom is -0.508 e. The third-order valence-corrected chi connectivity index (χ3v) is 7.60. The first-order chi connectivity index (χ1) is 10.4. The Morgan fingerprint density at radius 1 is 1.09 bits per heavy atom. The SMILES string of the molecule is CC1CCC2C1(C)CCC1Cc3cc(O)ccc3CCC12O. The quantitative estimate of drug-likeness (QED) is 0.758. The van der Waals surface area contributed by atoms with E-state index in [9.17, 15) is 10.2 Å². The molecule has 0 radical (unpaired) electrons. The first kappa shape index (κ1) is 14.6. The fourth-order valence-corrected chi connectivity index (χ4v) is 5.98. The van der Waals surface area contributed by atoms with Gasteiger partial charge in [0.25, 0.3) is 0 Å². The van der Waals surface area contributed by atoms with Gasteiger partial charge in [0.15, 0.2) is 0 Å². The van der Waals surface area contributed by atoms with Crippen LogP contribution in [0.4, 0.5) is 0 Å². The van der Waals surface area contributed by atoms with Gasteiger partial charge in [-0.15, -0.1) is 0 Å². The third-order valence-electron chi connectivity index (χ3n) is 7.60. The number of phenols is 1. The molecular formula is C20H28O2. The summed E-state index contributed by atoms with van der Waals surface area (Å²) >= 11 is 0. The largest absolute Gasteiger partial charge is 0.508 e. The monoisotopic (exact) mass is 300 g/mol. The number of benzene rings is 1. The first-order valence-electron chi connectivity index (χ1n) is 8.96. The van der Waals surface area contributed by atoms with E-state index < -0.39 is 5.60 Å². The van der Waals surface area contributed by atoms with Crippen LogP contribution in [-0.4, -0.2) is 15.8 Å². The predicted octanol–water partition coefficient (Wildman–Crippen LogP) is 4.07. The Labute approximate surface area is 133 Å². The maximum atomic E-state index is 11.7. The van der Waals surface area contributed by atoms with E-state index in [-0.39, 0.29) is 0 Å². The number of aliphatic hydroxyl groups is 1. The van der Waals surface area contributed by atoms with Gasteiger partial charge in [0.05, 0.1) is 5.60 Å². The van der Waals surface area contributed by atoms with Crippen LogP contribution in [0.15, 0.2) is 18.2 Å². The molecule has 0 heterocycles. The van der Waals surface area contributed by atoms with Crippen LogP contribution in [0.2, 0.25) is 0 Å². The molecule has 0 spiro atoms. The maximum absolute atomic E-state index is 11.7. The summed E-state index contributed by atoms with van der Waals surface area (Å²) < 4.78 is 0. The van der Waals surface area contributed by atoms with Gasteiger partial charge in [-0.1, -0.05) is 19.9 Å². The Morgan fingerprint density at radius 2 is 1.91 bits per heavy atom. The van der Waals surface area contributed by atoms with E-state index in [4.69, 9.17) is 0 Å². The van der Waals surface area contributed by atoms with Gasteiger partial charge in [0, 0.05) is 0 Å². The summed E-state index contributed by atoms with van der Waals surface area (Å²) in [6.45, 7) is 4.81. The number of hydrogen-bond acceptors (Lipinski definition) is 2. The van der Waals surface area contributed by atoms with Gasteiger partial charge >= 0.3 is 0 Å². The standard InChI is InChI=1S/C20H28O2/c1-13-3-6-18-19(13,2)9-8-16-11-15-12-17(21)5-4-14(15)7-10-20(16,18)22/h4-5,12-13,16,18,21-22H,3,6-11H2,1-2H3. The lowest BCUT2D eigenvalue weighted by molar-refractivity contribution is -0.145. The molecule has 1 aromatic carbocycles. The lowest BCUT2D eigenvalue weighted by atomic mass is 9.55. The van der Waals surface area contributed by atoms with E-state index in [2.05, 4.69) is 19.9 Å². The normalized spacial score (nSPS) is 43.9. The first-order valence-corrected chi connectivity index (χ1v) is 8.96. The molecule has 120 valence electrons. The second kappa shape index (κ2) is 4.74. The van der Waals surface area contributed by atoms with Crippen LogP contribution in [0.1, 0.15) is 57.1 Å². The second-order valence-electron chi connectivity index (χ2n) is 8.42. The molecule has 0 aromatic heterocycles. The van der Waals surface area contributed by atoms with Gasteiger partial charge in [-0.2, -0.15) is 0 Å². The van der Waals surface area contributed by atoms with Crippen molar-refractivity contribution in [2.24, 2.45) is 23.2 Å². The Morgan fingerprint density at radius 3 is 2.73 bits per heavy atom. The van der Waals surface area contributed by atoms with Crippen LogP contribution < -0.4 is 0 Å². The molecule has 0 bridgehead atoms. The van der Waals surface area contributed by atoms with Crippen molar-refractivity contribution in [3.8, 4) is 5.75 Å². The minimum atomic E-state index is -0.508. The Bertz CT molecular complexity index is 595. The van der Waals surface area contributed by atoms with Crippen molar-refractivity contribution in [1.29, 1.82) is 0 Å². The molecule has 2 heteroatoms. The van der Waals surface area contributed by atoms with E-state index in [0.717, 1.165) is 31.6 Å².